The van der Waals surface area contributed by atoms with Crippen LogP contribution in [-0.2, 0) is 6.54 Å². The molecule has 0 heterocycles. The summed E-state index contributed by atoms with van der Waals surface area (Å²) < 4.78 is 13.7. The summed E-state index contributed by atoms with van der Waals surface area (Å²) in [6.45, 7) is 2.93. The monoisotopic (exact) mass is 306 g/mol. The summed E-state index contributed by atoms with van der Waals surface area (Å²) in [7, 11) is 1.99. The van der Waals surface area contributed by atoms with Crippen molar-refractivity contribution >= 4 is 11.6 Å². The van der Waals surface area contributed by atoms with Gasteiger partial charge < -0.3 is 5.73 Å². The molecule has 0 aliphatic rings. The molecule has 0 aromatic heterocycles. The number of aryl methyl sites for hydroxylation is 1. The van der Waals surface area contributed by atoms with Gasteiger partial charge in [0.05, 0.1) is 0 Å². The summed E-state index contributed by atoms with van der Waals surface area (Å²) in [5, 5.41) is 0.720. The topological polar surface area (TPSA) is 29.3 Å². The molecule has 0 fully saturated rings. The molecule has 0 saturated carbocycles. The molecule has 0 saturated heterocycles. The van der Waals surface area contributed by atoms with Crippen molar-refractivity contribution in [2.24, 2.45) is 5.73 Å². The highest BCUT2D eigenvalue weighted by Gasteiger charge is 2.16. The second kappa shape index (κ2) is 7.03. The molecule has 2 rings (SSSR count). The Labute approximate surface area is 130 Å². The summed E-state index contributed by atoms with van der Waals surface area (Å²) in [6, 6.07) is 13.0. The lowest BCUT2D eigenvalue weighted by atomic mass is 10.0. The van der Waals surface area contributed by atoms with Crippen LogP contribution in [0.2, 0.25) is 5.02 Å². The first-order chi connectivity index (χ1) is 10.0. The van der Waals surface area contributed by atoms with Crippen LogP contribution in [0.1, 0.15) is 22.7 Å². The number of likely N-dealkylation sites (N-methyl/N-ethyl adjacent to an activating group) is 1. The van der Waals surface area contributed by atoms with E-state index in [9.17, 15) is 4.39 Å². The Morgan fingerprint density at radius 1 is 1.19 bits per heavy atom. The van der Waals surface area contributed by atoms with Crippen LogP contribution in [0.3, 0.4) is 0 Å². The number of nitrogens with zero attached hydrogens (tertiary/aromatic N) is 1. The zero-order valence-corrected chi connectivity index (χ0v) is 13.1. The van der Waals surface area contributed by atoms with Gasteiger partial charge >= 0.3 is 0 Å². The molecule has 0 bridgehead atoms. The van der Waals surface area contributed by atoms with Crippen molar-refractivity contribution in [3.63, 3.8) is 0 Å². The Morgan fingerprint density at radius 2 is 1.86 bits per heavy atom. The van der Waals surface area contributed by atoms with E-state index in [1.165, 1.54) is 0 Å². The SMILES string of the molecule is Cc1ccc(C(CN)N(C)Cc2ccc(Cl)cc2)cc1F. The lowest BCUT2D eigenvalue weighted by Gasteiger charge is -2.27. The minimum atomic E-state index is -0.189. The van der Waals surface area contributed by atoms with Crippen molar-refractivity contribution in [2.45, 2.75) is 19.5 Å². The summed E-state index contributed by atoms with van der Waals surface area (Å²) in [4.78, 5) is 2.12. The highest BCUT2D eigenvalue weighted by molar-refractivity contribution is 6.30. The van der Waals surface area contributed by atoms with Gasteiger partial charge in [0, 0.05) is 24.2 Å². The fraction of sp³-hybridized carbons (Fsp3) is 0.294. The molecular weight excluding hydrogens is 287 g/mol. The van der Waals surface area contributed by atoms with Crippen LogP contribution in [0.25, 0.3) is 0 Å². The number of nitrogens with two attached hydrogens (primary N) is 1. The lowest BCUT2D eigenvalue weighted by molar-refractivity contribution is 0.241. The van der Waals surface area contributed by atoms with E-state index in [1.807, 2.05) is 37.4 Å². The van der Waals surface area contributed by atoms with Gasteiger partial charge in [-0.15, -0.1) is 0 Å². The van der Waals surface area contributed by atoms with Gasteiger partial charge in [-0.05, 0) is 48.9 Å². The van der Waals surface area contributed by atoms with Crippen molar-refractivity contribution in [2.75, 3.05) is 13.6 Å². The van der Waals surface area contributed by atoms with Crippen LogP contribution in [0.5, 0.6) is 0 Å². The van der Waals surface area contributed by atoms with E-state index >= 15 is 0 Å². The van der Waals surface area contributed by atoms with Crippen LogP contribution >= 0.6 is 11.6 Å². The fourth-order valence-electron chi connectivity index (χ4n) is 2.37. The molecular formula is C17H20ClFN2. The van der Waals surface area contributed by atoms with Crippen molar-refractivity contribution in [3.05, 3.63) is 70.0 Å². The molecule has 21 heavy (non-hydrogen) atoms. The third kappa shape index (κ3) is 4.03. The van der Waals surface area contributed by atoms with E-state index in [1.54, 1.807) is 19.1 Å². The van der Waals surface area contributed by atoms with Gasteiger partial charge in [0.25, 0.3) is 0 Å². The molecule has 1 unspecified atom stereocenters. The Balaban J connectivity index is 2.15. The van der Waals surface area contributed by atoms with E-state index in [-0.39, 0.29) is 11.9 Å². The Bertz CT molecular complexity index is 598. The normalized spacial score (nSPS) is 12.7. The highest BCUT2D eigenvalue weighted by Crippen LogP contribution is 2.22. The molecule has 0 aliphatic heterocycles. The van der Waals surface area contributed by atoms with Crippen LogP contribution < -0.4 is 5.73 Å². The van der Waals surface area contributed by atoms with Crippen LogP contribution in [-0.4, -0.2) is 18.5 Å². The summed E-state index contributed by atoms with van der Waals surface area (Å²) >= 11 is 5.89. The maximum atomic E-state index is 13.7. The molecule has 1 atom stereocenters. The maximum absolute atomic E-state index is 13.7. The standard InChI is InChI=1S/C17H20ClFN2/c1-12-3-6-14(9-16(12)19)17(10-20)21(2)11-13-4-7-15(18)8-5-13/h3-9,17H,10-11,20H2,1-2H3. The minimum Gasteiger partial charge on any atom is -0.329 e. The number of hydrogen-bond acceptors (Lipinski definition) is 2. The average Bonchev–Trinajstić information content (AvgIpc) is 2.46. The second-order valence-electron chi connectivity index (χ2n) is 5.30. The largest absolute Gasteiger partial charge is 0.329 e. The summed E-state index contributed by atoms with van der Waals surface area (Å²) in [6.07, 6.45) is 0. The molecule has 0 aliphatic carbocycles. The predicted octanol–water partition coefficient (Wildman–Crippen LogP) is 3.92. The van der Waals surface area contributed by atoms with Crippen LogP contribution in [0.15, 0.2) is 42.5 Å². The Kier molecular flexibility index (Phi) is 5.34. The smallest absolute Gasteiger partial charge is 0.126 e. The van der Waals surface area contributed by atoms with E-state index < -0.39 is 0 Å². The number of rotatable bonds is 5. The Morgan fingerprint density at radius 3 is 2.43 bits per heavy atom. The van der Waals surface area contributed by atoms with Gasteiger partial charge in [-0.25, -0.2) is 4.39 Å². The van der Waals surface area contributed by atoms with Gasteiger partial charge in [-0.2, -0.15) is 0 Å². The quantitative estimate of drug-likeness (QED) is 0.907. The van der Waals surface area contributed by atoms with Gasteiger partial charge in [-0.1, -0.05) is 35.9 Å². The molecule has 2 nitrogen and oxygen atoms in total. The van der Waals surface area contributed by atoms with Crippen molar-refractivity contribution < 1.29 is 4.39 Å². The third-order valence-electron chi connectivity index (χ3n) is 3.68. The van der Waals surface area contributed by atoms with E-state index in [0.717, 1.165) is 22.7 Å². The molecule has 0 radical (unpaired) electrons. The highest BCUT2D eigenvalue weighted by atomic mass is 35.5. The molecule has 0 spiro atoms. The van der Waals surface area contributed by atoms with Gasteiger partial charge in [0.2, 0.25) is 0 Å². The first kappa shape index (κ1) is 16.0. The second-order valence-corrected chi connectivity index (χ2v) is 5.74. The van der Waals surface area contributed by atoms with Gasteiger partial charge in [0.15, 0.2) is 0 Å². The lowest BCUT2D eigenvalue weighted by Crippen LogP contribution is -2.30. The molecule has 4 heteroatoms. The Hall–Kier alpha value is -1.42. The van der Waals surface area contributed by atoms with Crippen LogP contribution in [0, 0.1) is 12.7 Å². The van der Waals surface area contributed by atoms with E-state index in [2.05, 4.69) is 4.90 Å². The minimum absolute atomic E-state index is 0.0178. The number of benzene rings is 2. The van der Waals surface area contributed by atoms with E-state index in [4.69, 9.17) is 17.3 Å². The summed E-state index contributed by atoms with van der Waals surface area (Å²) in [5.74, 6) is -0.189. The van der Waals surface area contributed by atoms with E-state index in [0.29, 0.717) is 12.1 Å². The van der Waals surface area contributed by atoms with Crippen molar-refractivity contribution in [1.29, 1.82) is 0 Å². The van der Waals surface area contributed by atoms with Gasteiger partial charge in [0.1, 0.15) is 5.82 Å². The number of hydrogen-bond donors (Lipinski definition) is 1. The molecule has 0 amide bonds. The maximum Gasteiger partial charge on any atom is 0.126 e. The number of halogens is 2. The third-order valence-corrected chi connectivity index (χ3v) is 3.93. The average molecular weight is 307 g/mol. The molecule has 2 N–H and O–H groups in total. The first-order valence-corrected chi connectivity index (χ1v) is 7.30. The zero-order valence-electron chi connectivity index (χ0n) is 12.3. The predicted molar refractivity (Wildman–Crippen MR) is 85.9 cm³/mol. The van der Waals surface area contributed by atoms with Gasteiger partial charge in [-0.3, -0.25) is 4.90 Å². The molecule has 2 aromatic carbocycles. The zero-order chi connectivity index (χ0) is 15.4. The van der Waals surface area contributed by atoms with Crippen molar-refractivity contribution in [3.8, 4) is 0 Å². The fourth-order valence-corrected chi connectivity index (χ4v) is 2.50. The summed E-state index contributed by atoms with van der Waals surface area (Å²) in [5.41, 5.74) is 8.58. The first-order valence-electron chi connectivity index (χ1n) is 6.92. The molecule has 112 valence electrons. The molecule has 2 aromatic rings. The van der Waals surface area contributed by atoms with Crippen LogP contribution in [0.4, 0.5) is 4.39 Å². The van der Waals surface area contributed by atoms with Crippen molar-refractivity contribution in [1.82, 2.24) is 4.90 Å².